The van der Waals surface area contributed by atoms with Crippen molar-refractivity contribution in [3.05, 3.63) is 76.5 Å². The number of aromatic nitrogens is 3. The molecule has 198 valence electrons. The summed E-state index contributed by atoms with van der Waals surface area (Å²) in [5.74, 6) is -0.386. The Bertz CT molecular complexity index is 1670. The molecule has 0 amide bonds. The molecule has 1 N–H and O–H groups in total. The normalized spacial score (nSPS) is 16.6. The number of fused-ring (bicyclic) bond motifs is 1. The van der Waals surface area contributed by atoms with Crippen LogP contribution in [-0.4, -0.2) is 60.9 Å². The summed E-state index contributed by atoms with van der Waals surface area (Å²) < 4.78 is 46.0. The quantitative estimate of drug-likeness (QED) is 0.371. The van der Waals surface area contributed by atoms with Crippen molar-refractivity contribution >= 4 is 32.5 Å². The number of aryl methyl sites for hydroxylation is 1. The highest BCUT2D eigenvalue weighted by atomic mass is 32.2. The van der Waals surface area contributed by atoms with E-state index in [0.717, 1.165) is 36.7 Å². The van der Waals surface area contributed by atoms with Crippen LogP contribution >= 0.6 is 0 Å². The van der Waals surface area contributed by atoms with Crippen molar-refractivity contribution < 1.29 is 17.5 Å². The van der Waals surface area contributed by atoms with Crippen LogP contribution in [0.4, 0.5) is 16.0 Å². The number of likely N-dealkylation sites (N-methyl/N-ethyl adjacent to an activating group) is 1. The Morgan fingerprint density at radius 1 is 1.13 bits per heavy atom. The van der Waals surface area contributed by atoms with Crippen LogP contribution in [0.1, 0.15) is 18.6 Å². The molecule has 0 bridgehead atoms. The maximum absolute atomic E-state index is 14.7. The lowest BCUT2D eigenvalue weighted by Crippen LogP contribution is -2.35. The third-order valence-corrected chi connectivity index (χ3v) is 7.72. The molecule has 0 radical (unpaired) electrons. The van der Waals surface area contributed by atoms with Crippen molar-refractivity contribution in [1.29, 1.82) is 0 Å². The minimum atomic E-state index is -3.59. The number of benzene rings is 2. The lowest BCUT2D eigenvalue weighted by Gasteiger charge is -2.30. The number of nitrogens with one attached hydrogen (secondary N) is 1. The first-order chi connectivity index (χ1) is 18.1. The molecule has 38 heavy (non-hydrogen) atoms. The molecule has 2 aromatic heterocycles. The molecule has 9 nitrogen and oxygen atoms in total. The Morgan fingerprint density at radius 3 is 2.58 bits per heavy atom. The maximum Gasteiger partial charge on any atom is 0.260 e. The summed E-state index contributed by atoms with van der Waals surface area (Å²) in [5, 5.41) is 3.69. The highest BCUT2D eigenvalue weighted by molar-refractivity contribution is 7.90. The summed E-state index contributed by atoms with van der Waals surface area (Å²) in [6.45, 7) is 4.51. The second-order valence-electron chi connectivity index (χ2n) is 9.36. The molecule has 11 heteroatoms. The van der Waals surface area contributed by atoms with Crippen molar-refractivity contribution in [3.8, 4) is 11.1 Å². The predicted molar refractivity (Wildman–Crippen MR) is 144 cm³/mol. The van der Waals surface area contributed by atoms with Gasteiger partial charge >= 0.3 is 0 Å². The summed E-state index contributed by atoms with van der Waals surface area (Å²) >= 11 is 0. The minimum Gasteiger partial charge on any atom is -0.371 e. The van der Waals surface area contributed by atoms with Gasteiger partial charge in [0, 0.05) is 48.7 Å². The summed E-state index contributed by atoms with van der Waals surface area (Å²) in [4.78, 5) is 24.5. The van der Waals surface area contributed by atoms with Gasteiger partial charge in [-0.2, -0.15) is 4.98 Å². The topological polar surface area (TPSA) is 106 Å². The van der Waals surface area contributed by atoms with E-state index >= 15 is 0 Å². The molecule has 5 rings (SSSR count). The average Bonchev–Trinajstić information content (AvgIpc) is 2.89. The molecule has 1 aliphatic rings. The SMILES string of the molecule is CCn1c(=O)c(-c2cc(S(C)(=O)=O)ccc2F)cc2cnc(Nc3ccc(C4CN(C)CCO4)cc3)nc21. The zero-order valence-electron chi connectivity index (χ0n) is 21.3. The third kappa shape index (κ3) is 5.17. The van der Waals surface area contributed by atoms with E-state index in [2.05, 4.69) is 27.2 Å². The van der Waals surface area contributed by atoms with Crippen LogP contribution < -0.4 is 10.9 Å². The van der Waals surface area contributed by atoms with Crippen molar-refractivity contribution in [2.24, 2.45) is 0 Å². The van der Waals surface area contributed by atoms with E-state index < -0.39 is 21.2 Å². The molecule has 1 atom stereocenters. The summed E-state index contributed by atoms with van der Waals surface area (Å²) in [6, 6.07) is 12.8. The first-order valence-corrected chi connectivity index (χ1v) is 14.1. The first kappa shape index (κ1) is 26.0. The molecular formula is C27H28FN5O4S. The lowest BCUT2D eigenvalue weighted by atomic mass is 10.1. The number of morpholine rings is 1. The van der Waals surface area contributed by atoms with Crippen LogP contribution in [0.25, 0.3) is 22.2 Å². The second kappa shape index (κ2) is 10.2. The van der Waals surface area contributed by atoms with Crippen molar-refractivity contribution in [2.45, 2.75) is 24.5 Å². The van der Waals surface area contributed by atoms with E-state index in [4.69, 9.17) is 4.74 Å². The van der Waals surface area contributed by atoms with Crippen LogP contribution in [0.15, 0.2) is 64.4 Å². The Hall–Kier alpha value is -3.67. The fourth-order valence-corrected chi connectivity index (χ4v) is 5.18. The molecular weight excluding hydrogens is 509 g/mol. The van der Waals surface area contributed by atoms with E-state index in [-0.39, 0.29) is 28.7 Å². The molecule has 3 heterocycles. The van der Waals surface area contributed by atoms with Crippen LogP contribution in [0.2, 0.25) is 0 Å². The summed E-state index contributed by atoms with van der Waals surface area (Å²) in [5.41, 5.74) is 1.72. The first-order valence-electron chi connectivity index (χ1n) is 12.2. The van der Waals surface area contributed by atoms with Gasteiger partial charge in [-0.05, 0) is 55.9 Å². The van der Waals surface area contributed by atoms with Gasteiger partial charge in [-0.15, -0.1) is 0 Å². The Labute approximate surface area is 219 Å². The second-order valence-corrected chi connectivity index (χ2v) is 11.4. The number of sulfone groups is 1. The molecule has 1 aliphatic heterocycles. The zero-order chi connectivity index (χ0) is 27.0. The predicted octanol–water partition coefficient (Wildman–Crippen LogP) is 3.77. The monoisotopic (exact) mass is 537 g/mol. The van der Waals surface area contributed by atoms with Gasteiger partial charge in [0.15, 0.2) is 9.84 Å². The number of pyridine rings is 1. The number of anilines is 2. The van der Waals surface area contributed by atoms with Gasteiger partial charge in [0.1, 0.15) is 11.5 Å². The van der Waals surface area contributed by atoms with Gasteiger partial charge in [-0.1, -0.05) is 12.1 Å². The van der Waals surface area contributed by atoms with Crippen molar-refractivity contribution in [1.82, 2.24) is 19.4 Å². The van der Waals surface area contributed by atoms with Crippen LogP contribution in [0.3, 0.4) is 0 Å². The van der Waals surface area contributed by atoms with Crippen LogP contribution in [0, 0.1) is 5.82 Å². The molecule has 1 saturated heterocycles. The lowest BCUT2D eigenvalue weighted by molar-refractivity contribution is -0.0208. The molecule has 0 spiro atoms. The Kier molecular flexibility index (Phi) is 6.99. The van der Waals surface area contributed by atoms with Crippen molar-refractivity contribution in [3.63, 3.8) is 0 Å². The Balaban J connectivity index is 1.48. The summed E-state index contributed by atoms with van der Waals surface area (Å²) in [6.07, 6.45) is 2.61. The summed E-state index contributed by atoms with van der Waals surface area (Å²) in [7, 11) is -1.51. The highest BCUT2D eigenvalue weighted by Crippen LogP contribution is 2.27. The molecule has 4 aromatic rings. The smallest absolute Gasteiger partial charge is 0.260 e. The Morgan fingerprint density at radius 2 is 1.89 bits per heavy atom. The number of hydrogen-bond donors (Lipinski definition) is 1. The fraction of sp³-hybridized carbons (Fsp3) is 0.296. The standard InChI is InChI=1S/C27H28FN5O4S/c1-4-33-25-18(13-22(26(33)34)21-14-20(38(3,35)36)9-10-23(21)28)15-29-27(31-25)30-19-7-5-17(6-8-19)24-16-32(2)11-12-37-24/h5-10,13-15,24H,4,11-12,16H2,1-3H3,(H,29,30,31). The van der Waals surface area contributed by atoms with E-state index in [1.165, 1.54) is 22.8 Å². The van der Waals surface area contributed by atoms with Gasteiger partial charge in [0.05, 0.1) is 23.2 Å². The molecule has 1 fully saturated rings. The maximum atomic E-state index is 14.7. The number of rotatable bonds is 6. The van der Waals surface area contributed by atoms with E-state index in [9.17, 15) is 17.6 Å². The number of hydrogen-bond acceptors (Lipinski definition) is 8. The van der Waals surface area contributed by atoms with Gasteiger partial charge in [0.2, 0.25) is 5.95 Å². The van der Waals surface area contributed by atoms with Crippen LogP contribution in [0.5, 0.6) is 0 Å². The molecule has 0 saturated carbocycles. The third-order valence-electron chi connectivity index (χ3n) is 6.61. The van der Waals surface area contributed by atoms with E-state index in [1.807, 2.05) is 24.3 Å². The molecule has 2 aromatic carbocycles. The molecule has 1 unspecified atom stereocenters. The largest absolute Gasteiger partial charge is 0.371 e. The highest BCUT2D eigenvalue weighted by Gasteiger charge is 2.20. The number of ether oxygens (including phenoxy) is 1. The minimum absolute atomic E-state index is 0.0240. The average molecular weight is 538 g/mol. The van der Waals surface area contributed by atoms with Crippen molar-refractivity contribution in [2.75, 3.05) is 38.3 Å². The van der Waals surface area contributed by atoms with Crippen LogP contribution in [-0.2, 0) is 21.1 Å². The van der Waals surface area contributed by atoms with Gasteiger partial charge in [0.25, 0.3) is 5.56 Å². The van der Waals surface area contributed by atoms with E-state index in [0.29, 0.717) is 23.6 Å². The number of nitrogens with zero attached hydrogens (tertiary/aromatic N) is 4. The molecule has 0 aliphatic carbocycles. The van der Waals surface area contributed by atoms with Gasteiger partial charge < -0.3 is 15.0 Å². The fourth-order valence-electron chi connectivity index (χ4n) is 4.54. The zero-order valence-corrected chi connectivity index (χ0v) is 22.1. The number of halogens is 1. The van der Waals surface area contributed by atoms with Gasteiger partial charge in [-0.3, -0.25) is 9.36 Å². The van der Waals surface area contributed by atoms with E-state index in [1.54, 1.807) is 13.1 Å². The van der Waals surface area contributed by atoms with Gasteiger partial charge in [-0.25, -0.2) is 17.8 Å².